The van der Waals surface area contributed by atoms with E-state index in [0.717, 1.165) is 0 Å². The average Bonchev–Trinajstić information content (AvgIpc) is 2.52. The van der Waals surface area contributed by atoms with Gasteiger partial charge in [0.2, 0.25) is 0 Å². The van der Waals surface area contributed by atoms with Crippen molar-refractivity contribution < 1.29 is 9.66 Å². The first-order chi connectivity index (χ1) is 10.2. The van der Waals surface area contributed by atoms with Gasteiger partial charge in [-0.2, -0.15) is 5.26 Å². The maximum Gasteiger partial charge on any atom is 0.277 e. The number of benzene rings is 2. The summed E-state index contributed by atoms with van der Waals surface area (Å²) in [7, 11) is 0. The molecule has 0 aliphatic carbocycles. The standard InChI is InChI=1S/C16H12N2O3/c17-10-11-21-16-9-5-4-8-14(16)12-15(18(19)20)13-6-2-1-3-7-13/h1-9,12H,11H2. The molecule has 0 fully saturated rings. The maximum absolute atomic E-state index is 11.3. The number of nitro groups is 1. The lowest BCUT2D eigenvalue weighted by molar-refractivity contribution is -0.374. The van der Waals surface area contributed by atoms with Crippen LogP contribution >= 0.6 is 0 Å². The van der Waals surface area contributed by atoms with Crippen molar-refractivity contribution in [2.45, 2.75) is 0 Å². The molecule has 104 valence electrons. The van der Waals surface area contributed by atoms with Gasteiger partial charge < -0.3 is 4.74 Å². The van der Waals surface area contributed by atoms with E-state index < -0.39 is 4.92 Å². The second-order valence-corrected chi connectivity index (χ2v) is 4.14. The predicted molar refractivity (Wildman–Crippen MR) is 78.9 cm³/mol. The molecule has 0 heterocycles. The predicted octanol–water partition coefficient (Wildman–Crippen LogP) is 3.36. The lowest BCUT2D eigenvalue weighted by Gasteiger charge is -2.06. The fourth-order valence-electron chi connectivity index (χ4n) is 1.84. The lowest BCUT2D eigenvalue weighted by Crippen LogP contribution is -1.99. The molecular formula is C16H12N2O3. The van der Waals surface area contributed by atoms with Crippen LogP contribution in [-0.4, -0.2) is 11.5 Å². The van der Waals surface area contributed by atoms with Crippen LogP contribution in [0.4, 0.5) is 0 Å². The highest BCUT2D eigenvalue weighted by molar-refractivity contribution is 5.78. The molecule has 2 rings (SSSR count). The number of ether oxygens (including phenoxy) is 1. The Balaban J connectivity index is 2.45. The van der Waals surface area contributed by atoms with Crippen molar-refractivity contribution in [2.24, 2.45) is 0 Å². The molecular weight excluding hydrogens is 268 g/mol. The summed E-state index contributed by atoms with van der Waals surface area (Å²) < 4.78 is 5.27. The topological polar surface area (TPSA) is 76.2 Å². The first kappa shape index (κ1) is 14.3. The van der Waals surface area contributed by atoms with Crippen LogP contribution in [0.5, 0.6) is 5.75 Å². The Labute approximate surface area is 121 Å². The van der Waals surface area contributed by atoms with E-state index >= 15 is 0 Å². The molecule has 0 saturated heterocycles. The van der Waals surface area contributed by atoms with E-state index in [1.54, 1.807) is 54.6 Å². The molecule has 0 unspecified atom stereocenters. The summed E-state index contributed by atoms with van der Waals surface area (Å²) in [5, 5.41) is 19.8. The van der Waals surface area contributed by atoms with Gasteiger partial charge in [-0.3, -0.25) is 10.1 Å². The Bertz CT molecular complexity index is 703. The van der Waals surface area contributed by atoms with Crippen LogP contribution in [0.1, 0.15) is 11.1 Å². The molecule has 0 aromatic heterocycles. The lowest BCUT2D eigenvalue weighted by atomic mass is 10.1. The van der Waals surface area contributed by atoms with Crippen molar-refractivity contribution >= 4 is 11.8 Å². The summed E-state index contributed by atoms with van der Waals surface area (Å²) in [6.07, 6.45) is 1.45. The number of hydrogen-bond donors (Lipinski definition) is 0. The molecule has 0 atom stereocenters. The van der Waals surface area contributed by atoms with Crippen LogP contribution in [0.2, 0.25) is 0 Å². The summed E-state index contributed by atoms with van der Waals surface area (Å²) in [5.41, 5.74) is 1.05. The summed E-state index contributed by atoms with van der Waals surface area (Å²) in [6.45, 7) is -0.107. The Morgan fingerprint density at radius 3 is 2.52 bits per heavy atom. The second-order valence-electron chi connectivity index (χ2n) is 4.14. The van der Waals surface area contributed by atoms with Crippen molar-refractivity contribution in [3.05, 3.63) is 75.8 Å². The van der Waals surface area contributed by atoms with Crippen molar-refractivity contribution in [1.82, 2.24) is 0 Å². The van der Waals surface area contributed by atoms with Crippen molar-refractivity contribution in [2.75, 3.05) is 6.61 Å². The maximum atomic E-state index is 11.3. The highest BCUT2D eigenvalue weighted by Gasteiger charge is 2.15. The van der Waals surface area contributed by atoms with Crippen molar-refractivity contribution in [3.63, 3.8) is 0 Å². The van der Waals surface area contributed by atoms with E-state index in [1.807, 2.05) is 6.07 Å². The molecule has 0 spiro atoms. The molecule has 0 amide bonds. The highest BCUT2D eigenvalue weighted by Crippen LogP contribution is 2.25. The van der Waals surface area contributed by atoms with Gasteiger partial charge in [0.25, 0.3) is 5.70 Å². The average molecular weight is 280 g/mol. The third-order valence-corrected chi connectivity index (χ3v) is 2.77. The van der Waals surface area contributed by atoms with Gasteiger partial charge >= 0.3 is 0 Å². The third kappa shape index (κ3) is 3.67. The monoisotopic (exact) mass is 280 g/mol. The van der Waals surface area contributed by atoms with Gasteiger partial charge in [0, 0.05) is 11.6 Å². The minimum atomic E-state index is -0.434. The zero-order valence-electron chi connectivity index (χ0n) is 11.1. The number of hydrogen-bond acceptors (Lipinski definition) is 4. The summed E-state index contributed by atoms with van der Waals surface area (Å²) in [5.74, 6) is 0.439. The highest BCUT2D eigenvalue weighted by atomic mass is 16.6. The summed E-state index contributed by atoms with van der Waals surface area (Å²) in [6, 6.07) is 17.4. The summed E-state index contributed by atoms with van der Waals surface area (Å²) in [4.78, 5) is 10.8. The van der Waals surface area contributed by atoms with E-state index in [0.29, 0.717) is 16.9 Å². The van der Waals surface area contributed by atoms with E-state index in [4.69, 9.17) is 10.00 Å². The van der Waals surface area contributed by atoms with Gasteiger partial charge in [-0.25, -0.2) is 0 Å². The van der Waals surface area contributed by atoms with Gasteiger partial charge in [-0.15, -0.1) is 0 Å². The van der Waals surface area contributed by atoms with Crippen LogP contribution in [0.3, 0.4) is 0 Å². The molecule has 0 bridgehead atoms. The second kappa shape index (κ2) is 6.87. The van der Waals surface area contributed by atoms with Crippen molar-refractivity contribution in [1.29, 1.82) is 5.26 Å². The minimum Gasteiger partial charge on any atom is -0.478 e. The molecule has 0 saturated carbocycles. The van der Waals surface area contributed by atoms with Gasteiger partial charge in [0.1, 0.15) is 11.8 Å². The molecule has 2 aromatic carbocycles. The summed E-state index contributed by atoms with van der Waals surface area (Å²) >= 11 is 0. The number of para-hydroxylation sites is 1. The van der Waals surface area contributed by atoms with Gasteiger partial charge in [-0.05, 0) is 18.2 Å². The molecule has 0 N–H and O–H groups in total. The fraction of sp³-hybridized carbons (Fsp3) is 0.0625. The number of nitrogens with zero attached hydrogens (tertiary/aromatic N) is 2. The molecule has 0 radical (unpaired) electrons. The number of nitriles is 1. The first-order valence-corrected chi connectivity index (χ1v) is 6.22. The molecule has 0 aliphatic rings. The molecule has 0 aliphatic heterocycles. The SMILES string of the molecule is N#CCOc1ccccc1C=C(c1ccccc1)[N+](=O)[O-]. The van der Waals surface area contributed by atoms with Gasteiger partial charge in [0.05, 0.1) is 10.5 Å². The Morgan fingerprint density at radius 1 is 1.19 bits per heavy atom. The Kier molecular flexibility index (Phi) is 4.67. The zero-order valence-corrected chi connectivity index (χ0v) is 11.1. The van der Waals surface area contributed by atoms with Crippen LogP contribution in [0.15, 0.2) is 54.6 Å². The van der Waals surface area contributed by atoms with Crippen LogP contribution in [0, 0.1) is 21.4 Å². The Hall–Kier alpha value is -3.13. The molecule has 5 heteroatoms. The third-order valence-electron chi connectivity index (χ3n) is 2.77. The largest absolute Gasteiger partial charge is 0.478 e. The van der Waals surface area contributed by atoms with E-state index in [-0.39, 0.29) is 12.3 Å². The first-order valence-electron chi connectivity index (χ1n) is 6.22. The van der Waals surface area contributed by atoms with E-state index in [9.17, 15) is 10.1 Å². The van der Waals surface area contributed by atoms with E-state index in [1.165, 1.54) is 6.08 Å². The quantitative estimate of drug-likeness (QED) is 0.478. The molecule has 2 aromatic rings. The van der Waals surface area contributed by atoms with Crippen LogP contribution in [0.25, 0.3) is 11.8 Å². The molecule has 21 heavy (non-hydrogen) atoms. The fourth-order valence-corrected chi connectivity index (χ4v) is 1.84. The van der Waals surface area contributed by atoms with Gasteiger partial charge in [-0.1, -0.05) is 36.4 Å². The Morgan fingerprint density at radius 2 is 1.86 bits per heavy atom. The van der Waals surface area contributed by atoms with Crippen molar-refractivity contribution in [3.8, 4) is 11.8 Å². The van der Waals surface area contributed by atoms with E-state index in [2.05, 4.69) is 0 Å². The van der Waals surface area contributed by atoms with Crippen LogP contribution < -0.4 is 4.74 Å². The zero-order chi connectivity index (χ0) is 15.1. The number of rotatable bonds is 5. The normalized spacial score (nSPS) is 10.7. The smallest absolute Gasteiger partial charge is 0.277 e. The van der Waals surface area contributed by atoms with Crippen LogP contribution in [-0.2, 0) is 0 Å². The molecule has 5 nitrogen and oxygen atoms in total. The van der Waals surface area contributed by atoms with Gasteiger partial charge in [0.15, 0.2) is 6.61 Å². The minimum absolute atomic E-state index is 0.0244.